The van der Waals surface area contributed by atoms with Crippen molar-refractivity contribution in [3.8, 4) is 11.3 Å². The molecule has 0 unspecified atom stereocenters. The molecule has 0 aliphatic rings. The van der Waals surface area contributed by atoms with Gasteiger partial charge in [-0.15, -0.1) is 0 Å². The zero-order valence-electron chi connectivity index (χ0n) is 16.7. The minimum absolute atomic E-state index is 0.204. The number of carbonyl (C=O) groups excluding carboxylic acids is 1. The predicted octanol–water partition coefficient (Wildman–Crippen LogP) is 4.57. The molecule has 0 atom stereocenters. The molecule has 0 spiro atoms. The summed E-state index contributed by atoms with van der Waals surface area (Å²) in [7, 11) is 0. The lowest BCUT2D eigenvalue weighted by Gasteiger charge is -2.11. The molecule has 1 amide bonds. The van der Waals surface area contributed by atoms with Crippen molar-refractivity contribution >= 4 is 29.1 Å². The second-order valence-electron chi connectivity index (χ2n) is 6.81. The zero-order chi connectivity index (χ0) is 21.6. The number of amides is 1. The van der Waals surface area contributed by atoms with Gasteiger partial charge in [-0.05, 0) is 55.0 Å². The first-order valence-electron chi connectivity index (χ1n) is 9.58. The maximum atomic E-state index is 12.6. The fourth-order valence-electron chi connectivity index (χ4n) is 2.90. The molecule has 0 saturated heterocycles. The van der Waals surface area contributed by atoms with Crippen LogP contribution in [0.4, 0.5) is 11.6 Å². The van der Waals surface area contributed by atoms with Gasteiger partial charge < -0.3 is 10.6 Å². The molecule has 0 radical (unpaired) electrons. The molecular formula is C23H19ClN6O. The summed E-state index contributed by atoms with van der Waals surface area (Å²) in [4.78, 5) is 29.8. The van der Waals surface area contributed by atoms with E-state index < -0.39 is 0 Å². The van der Waals surface area contributed by atoms with Crippen molar-refractivity contribution in [2.24, 2.45) is 0 Å². The Morgan fingerprint density at radius 1 is 1.03 bits per heavy atom. The number of nitrogens with zero attached hydrogens (tertiary/aromatic N) is 4. The van der Waals surface area contributed by atoms with Crippen LogP contribution in [0.5, 0.6) is 0 Å². The Bertz CT molecular complexity index is 1200. The smallest absolute Gasteiger partial charge is 0.251 e. The number of pyridine rings is 2. The minimum atomic E-state index is -0.204. The average Bonchev–Trinajstić information content (AvgIpc) is 2.81. The van der Waals surface area contributed by atoms with E-state index in [9.17, 15) is 4.79 Å². The van der Waals surface area contributed by atoms with E-state index in [1.165, 1.54) is 0 Å². The summed E-state index contributed by atoms with van der Waals surface area (Å²) in [6.07, 6.45) is 6.70. The zero-order valence-corrected chi connectivity index (χ0v) is 17.5. The molecule has 0 fully saturated rings. The molecule has 3 aromatic heterocycles. The summed E-state index contributed by atoms with van der Waals surface area (Å²) >= 11 is 5.84. The van der Waals surface area contributed by atoms with Crippen LogP contribution in [-0.2, 0) is 6.54 Å². The van der Waals surface area contributed by atoms with Gasteiger partial charge in [-0.1, -0.05) is 17.7 Å². The summed E-state index contributed by atoms with van der Waals surface area (Å²) < 4.78 is 0. The Labute approximate surface area is 184 Å². The lowest BCUT2D eigenvalue weighted by molar-refractivity contribution is 0.0950. The first-order valence-corrected chi connectivity index (χ1v) is 9.96. The third-order valence-electron chi connectivity index (χ3n) is 4.58. The highest BCUT2D eigenvalue weighted by molar-refractivity contribution is 6.30. The molecule has 3 heterocycles. The van der Waals surface area contributed by atoms with Crippen molar-refractivity contribution < 1.29 is 4.79 Å². The normalized spacial score (nSPS) is 10.5. The van der Waals surface area contributed by atoms with Crippen LogP contribution in [0.2, 0.25) is 5.02 Å². The van der Waals surface area contributed by atoms with E-state index in [0.29, 0.717) is 23.1 Å². The highest BCUT2D eigenvalue weighted by Gasteiger charge is 2.10. The van der Waals surface area contributed by atoms with Crippen molar-refractivity contribution in [1.82, 2.24) is 25.3 Å². The summed E-state index contributed by atoms with van der Waals surface area (Å²) in [5, 5.41) is 6.63. The van der Waals surface area contributed by atoms with Gasteiger partial charge in [-0.2, -0.15) is 0 Å². The van der Waals surface area contributed by atoms with Crippen molar-refractivity contribution in [3.05, 3.63) is 95.2 Å². The number of nitrogens with one attached hydrogen (secondary N) is 2. The van der Waals surface area contributed by atoms with Crippen LogP contribution in [0.25, 0.3) is 11.3 Å². The number of aromatic nitrogens is 4. The number of hydrogen-bond donors (Lipinski definition) is 2. The first kappa shape index (κ1) is 20.4. The van der Waals surface area contributed by atoms with Crippen molar-refractivity contribution in [2.45, 2.75) is 13.5 Å². The number of halogens is 1. The molecule has 154 valence electrons. The Morgan fingerprint density at radius 3 is 2.71 bits per heavy atom. The van der Waals surface area contributed by atoms with Crippen LogP contribution in [-0.4, -0.2) is 25.8 Å². The van der Waals surface area contributed by atoms with E-state index in [2.05, 4.69) is 30.6 Å². The fraction of sp³-hybridized carbons (Fsp3) is 0.0870. The van der Waals surface area contributed by atoms with Crippen LogP contribution in [0.1, 0.15) is 21.6 Å². The number of aryl methyl sites for hydroxylation is 1. The SMILES string of the molecule is Cc1ccc(C(=O)NCc2ccc(Cl)cn2)cc1Nc1nccc(-c2cccnc2)n1. The lowest BCUT2D eigenvalue weighted by Crippen LogP contribution is -2.23. The quantitative estimate of drug-likeness (QED) is 0.465. The molecule has 7 nitrogen and oxygen atoms in total. The van der Waals surface area contributed by atoms with Gasteiger partial charge in [0.05, 0.1) is 23.0 Å². The van der Waals surface area contributed by atoms with Crippen molar-refractivity contribution in [2.75, 3.05) is 5.32 Å². The molecular weight excluding hydrogens is 412 g/mol. The topological polar surface area (TPSA) is 92.7 Å². The molecule has 4 rings (SSSR count). The molecule has 0 saturated carbocycles. The van der Waals surface area contributed by atoms with E-state index in [4.69, 9.17) is 11.6 Å². The largest absolute Gasteiger partial charge is 0.346 e. The second kappa shape index (κ2) is 9.32. The molecule has 4 aromatic rings. The Kier molecular flexibility index (Phi) is 6.14. The summed E-state index contributed by atoms with van der Waals surface area (Å²) in [6, 6.07) is 14.6. The van der Waals surface area contributed by atoms with E-state index >= 15 is 0 Å². The van der Waals surface area contributed by atoms with Gasteiger partial charge in [0.2, 0.25) is 5.95 Å². The van der Waals surface area contributed by atoms with Gasteiger partial charge in [0.1, 0.15) is 0 Å². The van der Waals surface area contributed by atoms with E-state index in [0.717, 1.165) is 28.2 Å². The van der Waals surface area contributed by atoms with E-state index in [1.54, 1.807) is 49.1 Å². The van der Waals surface area contributed by atoms with E-state index in [1.807, 2.05) is 31.2 Å². The molecule has 0 bridgehead atoms. The third-order valence-corrected chi connectivity index (χ3v) is 4.80. The summed E-state index contributed by atoms with van der Waals surface area (Å²) in [6.45, 7) is 2.26. The Hall–Kier alpha value is -3.84. The summed E-state index contributed by atoms with van der Waals surface area (Å²) in [5.74, 6) is 0.234. The fourth-order valence-corrected chi connectivity index (χ4v) is 3.01. The van der Waals surface area contributed by atoms with Crippen molar-refractivity contribution in [3.63, 3.8) is 0 Å². The molecule has 31 heavy (non-hydrogen) atoms. The third kappa shape index (κ3) is 5.21. The molecule has 1 aromatic carbocycles. The number of anilines is 2. The number of hydrogen-bond acceptors (Lipinski definition) is 6. The maximum absolute atomic E-state index is 12.6. The second-order valence-corrected chi connectivity index (χ2v) is 7.25. The van der Waals surface area contributed by atoms with Gasteiger partial charge in [-0.25, -0.2) is 9.97 Å². The maximum Gasteiger partial charge on any atom is 0.251 e. The van der Waals surface area contributed by atoms with Gasteiger partial charge >= 0.3 is 0 Å². The van der Waals surface area contributed by atoms with Crippen LogP contribution in [0.3, 0.4) is 0 Å². The van der Waals surface area contributed by atoms with Crippen molar-refractivity contribution in [1.29, 1.82) is 0 Å². The van der Waals surface area contributed by atoms with E-state index in [-0.39, 0.29) is 5.91 Å². The highest BCUT2D eigenvalue weighted by atomic mass is 35.5. The predicted molar refractivity (Wildman–Crippen MR) is 120 cm³/mol. The molecule has 2 N–H and O–H groups in total. The van der Waals surface area contributed by atoms with Crippen LogP contribution in [0, 0.1) is 6.92 Å². The monoisotopic (exact) mass is 430 g/mol. The Balaban J connectivity index is 1.49. The highest BCUT2D eigenvalue weighted by Crippen LogP contribution is 2.22. The molecule has 8 heteroatoms. The van der Waals surface area contributed by atoms with Gasteiger partial charge in [0, 0.05) is 41.6 Å². The lowest BCUT2D eigenvalue weighted by atomic mass is 10.1. The number of benzene rings is 1. The standard InChI is InChI=1S/C23H19ClN6O/c1-15-4-5-16(22(31)28-14-19-7-6-18(24)13-27-19)11-21(15)30-23-26-10-8-20(29-23)17-3-2-9-25-12-17/h2-13H,14H2,1H3,(H,28,31)(H,26,29,30). The van der Waals surface area contributed by atoms with Gasteiger partial charge in [-0.3, -0.25) is 14.8 Å². The molecule has 0 aliphatic heterocycles. The number of carbonyl (C=O) groups is 1. The van der Waals surface area contributed by atoms with Crippen LogP contribution in [0.15, 0.2) is 73.3 Å². The van der Waals surface area contributed by atoms with Gasteiger partial charge in [0.25, 0.3) is 5.91 Å². The summed E-state index contributed by atoms with van der Waals surface area (Å²) in [5.41, 5.74) is 4.61. The first-order chi connectivity index (χ1) is 15.1. The van der Waals surface area contributed by atoms with Crippen LogP contribution >= 0.6 is 11.6 Å². The molecule has 0 aliphatic carbocycles. The Morgan fingerprint density at radius 2 is 1.94 bits per heavy atom. The average molecular weight is 431 g/mol. The van der Waals surface area contributed by atoms with Gasteiger partial charge in [0.15, 0.2) is 0 Å². The number of rotatable bonds is 6. The van der Waals surface area contributed by atoms with Crippen LogP contribution < -0.4 is 10.6 Å². The minimum Gasteiger partial charge on any atom is -0.346 e.